The number of nitrogens with zero attached hydrogens (tertiary/aromatic N) is 1. The van der Waals surface area contributed by atoms with E-state index in [9.17, 15) is 0 Å². The molecule has 3 nitrogen and oxygen atoms in total. The van der Waals surface area contributed by atoms with Crippen molar-refractivity contribution in [3.05, 3.63) is 27.3 Å². The van der Waals surface area contributed by atoms with Crippen LogP contribution in [0.1, 0.15) is 5.56 Å². The van der Waals surface area contributed by atoms with Gasteiger partial charge in [-0.2, -0.15) is 0 Å². The van der Waals surface area contributed by atoms with E-state index in [1.807, 2.05) is 12.1 Å². The number of methoxy groups -OCH3 is 1. The molecule has 0 radical (unpaired) electrons. The molecular formula is C12H14INO2S. The van der Waals surface area contributed by atoms with Gasteiger partial charge in [-0.3, -0.25) is 0 Å². The Hall–Kier alpha value is -0.400. The first-order chi connectivity index (χ1) is 8.22. The number of thiocarbonyl (C=S) groups is 1. The summed E-state index contributed by atoms with van der Waals surface area (Å²) in [5.41, 5.74) is 1.08. The topological polar surface area (TPSA) is 21.7 Å². The second-order valence-corrected chi connectivity index (χ2v) is 5.30. The summed E-state index contributed by atoms with van der Waals surface area (Å²) in [6.07, 6.45) is 0. The highest BCUT2D eigenvalue weighted by molar-refractivity contribution is 14.1. The first kappa shape index (κ1) is 13.0. The third-order valence-electron chi connectivity index (χ3n) is 2.70. The minimum atomic E-state index is 0.757. The Kier molecular flexibility index (Phi) is 4.58. The molecule has 0 aromatic heterocycles. The molecule has 1 fully saturated rings. The molecular weight excluding hydrogens is 349 g/mol. The van der Waals surface area contributed by atoms with E-state index in [1.54, 1.807) is 7.11 Å². The van der Waals surface area contributed by atoms with Crippen LogP contribution < -0.4 is 4.74 Å². The average molecular weight is 363 g/mol. The Bertz CT molecular complexity index is 419. The number of rotatable bonds is 2. The molecule has 1 saturated heterocycles. The molecule has 0 spiro atoms. The summed E-state index contributed by atoms with van der Waals surface area (Å²) >= 11 is 7.77. The number of hydrogen-bond acceptors (Lipinski definition) is 3. The zero-order chi connectivity index (χ0) is 12.3. The summed E-state index contributed by atoms with van der Waals surface area (Å²) in [5, 5.41) is 0. The minimum Gasteiger partial charge on any atom is -0.496 e. The Balaban J connectivity index is 2.16. The van der Waals surface area contributed by atoms with Crippen molar-refractivity contribution in [1.82, 2.24) is 4.90 Å². The highest BCUT2D eigenvalue weighted by atomic mass is 127. The van der Waals surface area contributed by atoms with Crippen LogP contribution in [0.3, 0.4) is 0 Å². The zero-order valence-electron chi connectivity index (χ0n) is 9.61. The normalized spacial score (nSPS) is 15.8. The average Bonchev–Trinajstić information content (AvgIpc) is 2.39. The largest absolute Gasteiger partial charge is 0.496 e. The number of halogens is 1. The van der Waals surface area contributed by atoms with Crippen LogP contribution in [0.15, 0.2) is 18.2 Å². The van der Waals surface area contributed by atoms with Crippen molar-refractivity contribution in [3.63, 3.8) is 0 Å². The third kappa shape index (κ3) is 3.08. The van der Waals surface area contributed by atoms with Gasteiger partial charge in [-0.1, -0.05) is 12.2 Å². The quantitative estimate of drug-likeness (QED) is 0.594. The zero-order valence-corrected chi connectivity index (χ0v) is 12.6. The fourth-order valence-corrected chi connectivity index (χ4v) is 2.79. The monoisotopic (exact) mass is 363 g/mol. The highest BCUT2D eigenvalue weighted by Crippen LogP contribution is 2.22. The maximum Gasteiger partial charge on any atom is 0.132 e. The lowest BCUT2D eigenvalue weighted by Crippen LogP contribution is -2.40. The predicted octanol–water partition coefficient (Wildman–Crippen LogP) is 2.31. The van der Waals surface area contributed by atoms with Crippen LogP contribution in [0.4, 0.5) is 0 Å². The number of morpholine rings is 1. The van der Waals surface area contributed by atoms with Crippen molar-refractivity contribution in [1.29, 1.82) is 0 Å². The van der Waals surface area contributed by atoms with Gasteiger partial charge >= 0.3 is 0 Å². The molecule has 0 N–H and O–H groups in total. The molecule has 2 rings (SSSR count). The minimum absolute atomic E-state index is 0.757. The van der Waals surface area contributed by atoms with Crippen LogP contribution in [-0.4, -0.2) is 43.3 Å². The number of benzene rings is 1. The van der Waals surface area contributed by atoms with Crippen molar-refractivity contribution in [3.8, 4) is 5.75 Å². The molecule has 1 aliphatic heterocycles. The molecule has 1 heterocycles. The van der Waals surface area contributed by atoms with Gasteiger partial charge in [0, 0.05) is 18.7 Å². The van der Waals surface area contributed by atoms with Crippen molar-refractivity contribution in [2.45, 2.75) is 0 Å². The van der Waals surface area contributed by atoms with Crippen molar-refractivity contribution in [2.24, 2.45) is 0 Å². The first-order valence-electron chi connectivity index (χ1n) is 5.43. The van der Waals surface area contributed by atoms with E-state index in [2.05, 4.69) is 33.6 Å². The Morgan fingerprint density at radius 2 is 2.12 bits per heavy atom. The van der Waals surface area contributed by atoms with Gasteiger partial charge < -0.3 is 14.4 Å². The van der Waals surface area contributed by atoms with Crippen LogP contribution >= 0.6 is 34.8 Å². The standard InChI is InChI=1S/C12H14INO2S/c1-15-11-3-2-9(8-10(11)13)12(17)14-4-6-16-7-5-14/h2-3,8H,4-7H2,1H3. The predicted molar refractivity (Wildman–Crippen MR) is 79.8 cm³/mol. The van der Waals surface area contributed by atoms with Crippen molar-refractivity contribution < 1.29 is 9.47 Å². The van der Waals surface area contributed by atoms with Gasteiger partial charge in [0.15, 0.2) is 0 Å². The van der Waals surface area contributed by atoms with Crippen LogP contribution in [0.2, 0.25) is 0 Å². The molecule has 1 aliphatic rings. The van der Waals surface area contributed by atoms with E-state index < -0.39 is 0 Å². The molecule has 0 aliphatic carbocycles. The summed E-state index contributed by atoms with van der Waals surface area (Å²) in [4.78, 5) is 3.09. The molecule has 1 aromatic carbocycles. The fraction of sp³-hybridized carbons (Fsp3) is 0.417. The Morgan fingerprint density at radius 1 is 1.41 bits per heavy atom. The SMILES string of the molecule is COc1ccc(C(=S)N2CCOCC2)cc1I. The molecule has 17 heavy (non-hydrogen) atoms. The van der Waals surface area contributed by atoms with Gasteiger partial charge in [-0.05, 0) is 40.8 Å². The van der Waals surface area contributed by atoms with Gasteiger partial charge in [-0.25, -0.2) is 0 Å². The van der Waals surface area contributed by atoms with Gasteiger partial charge in [0.2, 0.25) is 0 Å². The summed E-state index contributed by atoms with van der Waals surface area (Å²) in [5.74, 6) is 0.888. The van der Waals surface area contributed by atoms with Gasteiger partial charge in [0.25, 0.3) is 0 Å². The molecule has 0 atom stereocenters. The van der Waals surface area contributed by atoms with Crippen molar-refractivity contribution in [2.75, 3.05) is 33.4 Å². The Morgan fingerprint density at radius 3 is 2.71 bits per heavy atom. The second kappa shape index (κ2) is 5.97. The fourth-order valence-electron chi connectivity index (χ4n) is 1.75. The number of hydrogen-bond donors (Lipinski definition) is 0. The van der Waals surface area contributed by atoms with Gasteiger partial charge in [0.05, 0.1) is 23.9 Å². The lowest BCUT2D eigenvalue weighted by atomic mass is 10.2. The summed E-state index contributed by atoms with van der Waals surface area (Å²) in [6, 6.07) is 6.04. The van der Waals surface area contributed by atoms with E-state index in [0.717, 1.165) is 46.2 Å². The van der Waals surface area contributed by atoms with E-state index >= 15 is 0 Å². The van der Waals surface area contributed by atoms with E-state index in [0.29, 0.717) is 0 Å². The summed E-state index contributed by atoms with van der Waals surface area (Å²) in [6.45, 7) is 3.27. The Labute approximate surface area is 120 Å². The van der Waals surface area contributed by atoms with Crippen LogP contribution in [0.25, 0.3) is 0 Å². The van der Waals surface area contributed by atoms with Crippen molar-refractivity contribution >= 4 is 39.8 Å². The van der Waals surface area contributed by atoms with Gasteiger partial charge in [0.1, 0.15) is 10.7 Å². The van der Waals surface area contributed by atoms with Crippen LogP contribution in [0.5, 0.6) is 5.75 Å². The lowest BCUT2D eigenvalue weighted by Gasteiger charge is -2.29. The maximum atomic E-state index is 5.51. The molecule has 0 unspecified atom stereocenters. The first-order valence-corrected chi connectivity index (χ1v) is 6.91. The molecule has 0 bridgehead atoms. The smallest absolute Gasteiger partial charge is 0.132 e. The van der Waals surface area contributed by atoms with E-state index in [4.69, 9.17) is 21.7 Å². The van der Waals surface area contributed by atoms with E-state index in [1.165, 1.54) is 0 Å². The number of ether oxygens (including phenoxy) is 2. The molecule has 5 heteroatoms. The molecule has 0 amide bonds. The lowest BCUT2D eigenvalue weighted by molar-refractivity contribution is 0.0693. The second-order valence-electron chi connectivity index (χ2n) is 3.75. The molecule has 0 saturated carbocycles. The summed E-state index contributed by atoms with van der Waals surface area (Å²) in [7, 11) is 1.68. The maximum absolute atomic E-state index is 5.51. The van der Waals surface area contributed by atoms with Crippen LogP contribution in [0, 0.1) is 3.57 Å². The van der Waals surface area contributed by atoms with Gasteiger partial charge in [-0.15, -0.1) is 0 Å². The molecule has 92 valence electrons. The highest BCUT2D eigenvalue weighted by Gasteiger charge is 2.15. The third-order valence-corrected chi connectivity index (χ3v) is 4.03. The summed E-state index contributed by atoms with van der Waals surface area (Å²) < 4.78 is 11.6. The van der Waals surface area contributed by atoms with E-state index in [-0.39, 0.29) is 0 Å². The molecule has 1 aromatic rings. The van der Waals surface area contributed by atoms with Crippen LogP contribution in [-0.2, 0) is 4.74 Å².